The van der Waals surface area contributed by atoms with Gasteiger partial charge >= 0.3 is 0 Å². The van der Waals surface area contributed by atoms with Crippen LogP contribution >= 0.6 is 0 Å². The van der Waals surface area contributed by atoms with E-state index < -0.39 is 0 Å². The summed E-state index contributed by atoms with van der Waals surface area (Å²) in [5.74, 6) is 0.871. The Morgan fingerprint density at radius 3 is 2.00 bits per heavy atom. The third-order valence-electron chi connectivity index (χ3n) is 3.59. The summed E-state index contributed by atoms with van der Waals surface area (Å²) in [4.78, 5) is 2.65. The van der Waals surface area contributed by atoms with Crippen LogP contribution in [-0.4, -0.2) is 23.5 Å². The Morgan fingerprint density at radius 1 is 1.00 bits per heavy atom. The van der Waals surface area contributed by atoms with E-state index in [1.165, 1.54) is 25.9 Å². The van der Waals surface area contributed by atoms with E-state index in [0.717, 1.165) is 5.92 Å². The Hall–Kier alpha value is -0.0400. The van der Waals surface area contributed by atoms with Gasteiger partial charge in [-0.1, -0.05) is 20.8 Å². The van der Waals surface area contributed by atoms with E-state index in [1.54, 1.807) is 0 Å². The van der Waals surface area contributed by atoms with Gasteiger partial charge in [0.15, 0.2) is 0 Å². The second-order valence-electron chi connectivity index (χ2n) is 6.82. The van der Waals surface area contributed by atoms with Gasteiger partial charge in [-0.25, -0.2) is 0 Å². The molecule has 84 valence electrons. The predicted molar refractivity (Wildman–Crippen MR) is 63.5 cm³/mol. The summed E-state index contributed by atoms with van der Waals surface area (Å²) >= 11 is 0. The highest BCUT2D eigenvalue weighted by Crippen LogP contribution is 2.35. The molecule has 0 aromatic carbocycles. The van der Waals surface area contributed by atoms with Crippen molar-refractivity contribution in [3.05, 3.63) is 0 Å². The molecule has 0 spiro atoms. The average Bonchev–Trinajstić information content (AvgIpc) is 2.01. The van der Waals surface area contributed by atoms with Crippen molar-refractivity contribution in [3.63, 3.8) is 0 Å². The Labute approximate surface area is 89.9 Å². The molecule has 1 aliphatic rings. The maximum Gasteiger partial charge on any atom is 0.0125 e. The first-order chi connectivity index (χ1) is 6.21. The molecule has 0 amide bonds. The molecule has 0 aliphatic carbocycles. The van der Waals surface area contributed by atoms with E-state index in [4.69, 9.17) is 0 Å². The monoisotopic (exact) mass is 197 g/mol. The summed E-state index contributed by atoms with van der Waals surface area (Å²) in [6, 6.07) is 0. The minimum Gasteiger partial charge on any atom is -0.298 e. The molecule has 14 heavy (non-hydrogen) atoms. The van der Waals surface area contributed by atoms with Gasteiger partial charge in [0, 0.05) is 12.1 Å². The van der Waals surface area contributed by atoms with Gasteiger partial charge in [0.05, 0.1) is 0 Å². The summed E-state index contributed by atoms with van der Waals surface area (Å²) in [7, 11) is 0. The van der Waals surface area contributed by atoms with Crippen LogP contribution in [0.15, 0.2) is 0 Å². The Bertz CT molecular complexity index is 162. The lowest BCUT2D eigenvalue weighted by molar-refractivity contribution is 0.0388. The third kappa shape index (κ3) is 2.98. The first-order valence-electron chi connectivity index (χ1n) is 5.96. The van der Waals surface area contributed by atoms with E-state index in [1.807, 2.05) is 0 Å². The Morgan fingerprint density at radius 2 is 1.57 bits per heavy atom. The molecule has 1 atom stereocenters. The lowest BCUT2D eigenvalue weighted by Gasteiger charge is -2.45. The lowest BCUT2D eigenvalue weighted by Crippen LogP contribution is -2.49. The molecule has 1 heterocycles. The summed E-state index contributed by atoms with van der Waals surface area (Å²) in [5, 5.41) is 0. The molecule has 0 aromatic heterocycles. The lowest BCUT2D eigenvalue weighted by atomic mass is 9.75. The van der Waals surface area contributed by atoms with Crippen LogP contribution in [0.5, 0.6) is 0 Å². The molecule has 1 aliphatic heterocycles. The van der Waals surface area contributed by atoms with Crippen LogP contribution in [-0.2, 0) is 0 Å². The van der Waals surface area contributed by atoms with E-state index in [9.17, 15) is 0 Å². The number of hydrogen-bond acceptors (Lipinski definition) is 1. The molecule has 1 fully saturated rings. The minimum absolute atomic E-state index is 0.351. The number of hydrogen-bond donors (Lipinski definition) is 0. The molecule has 1 rings (SSSR count). The van der Waals surface area contributed by atoms with E-state index in [2.05, 4.69) is 46.4 Å². The fourth-order valence-electron chi connectivity index (χ4n) is 2.29. The van der Waals surface area contributed by atoms with Crippen molar-refractivity contribution in [2.45, 2.75) is 59.9 Å². The number of piperidine rings is 1. The molecule has 0 aromatic rings. The van der Waals surface area contributed by atoms with Gasteiger partial charge in [0.25, 0.3) is 0 Å². The van der Waals surface area contributed by atoms with Crippen LogP contribution in [0.25, 0.3) is 0 Å². The van der Waals surface area contributed by atoms with Gasteiger partial charge < -0.3 is 0 Å². The van der Waals surface area contributed by atoms with Crippen molar-refractivity contribution in [1.82, 2.24) is 4.90 Å². The van der Waals surface area contributed by atoms with Crippen LogP contribution in [0.1, 0.15) is 54.4 Å². The molecule has 1 nitrogen and oxygen atoms in total. The van der Waals surface area contributed by atoms with E-state index in [-0.39, 0.29) is 0 Å². The van der Waals surface area contributed by atoms with Crippen molar-refractivity contribution >= 4 is 0 Å². The highest BCUT2D eigenvalue weighted by molar-refractivity contribution is 4.86. The smallest absolute Gasteiger partial charge is 0.0125 e. The molecular formula is C13H27N. The zero-order valence-corrected chi connectivity index (χ0v) is 10.9. The quantitative estimate of drug-likeness (QED) is 0.574. The zero-order valence-electron chi connectivity index (χ0n) is 10.9. The largest absolute Gasteiger partial charge is 0.298 e. The van der Waals surface area contributed by atoms with Crippen molar-refractivity contribution < 1.29 is 0 Å². The normalized spacial score (nSPS) is 26.6. The topological polar surface area (TPSA) is 3.24 Å². The fraction of sp³-hybridized carbons (Fsp3) is 1.00. The fourth-order valence-corrected chi connectivity index (χ4v) is 2.29. The molecule has 0 saturated carbocycles. The molecule has 1 heteroatoms. The van der Waals surface area contributed by atoms with Crippen LogP contribution in [0.4, 0.5) is 0 Å². The molecule has 0 unspecified atom stereocenters. The molecule has 1 saturated heterocycles. The van der Waals surface area contributed by atoms with Gasteiger partial charge in [-0.3, -0.25) is 4.90 Å². The van der Waals surface area contributed by atoms with Crippen LogP contribution in [0.3, 0.4) is 0 Å². The summed E-state index contributed by atoms with van der Waals surface area (Å²) in [6.07, 6.45) is 2.79. The third-order valence-corrected chi connectivity index (χ3v) is 3.59. The number of likely N-dealkylation sites (tertiary alicyclic amines) is 1. The molecule has 0 N–H and O–H groups in total. The second-order valence-corrected chi connectivity index (χ2v) is 6.82. The number of rotatable bonds is 0. The molecular weight excluding hydrogens is 170 g/mol. The highest BCUT2D eigenvalue weighted by Gasteiger charge is 2.33. The molecule has 0 bridgehead atoms. The van der Waals surface area contributed by atoms with Crippen LogP contribution in [0, 0.1) is 11.3 Å². The summed E-state index contributed by atoms with van der Waals surface area (Å²) in [6.45, 7) is 16.7. The van der Waals surface area contributed by atoms with Gasteiger partial charge in [-0.15, -0.1) is 0 Å². The van der Waals surface area contributed by atoms with Gasteiger partial charge in [-0.05, 0) is 51.5 Å². The van der Waals surface area contributed by atoms with Crippen molar-refractivity contribution in [3.8, 4) is 0 Å². The van der Waals surface area contributed by atoms with Crippen LogP contribution in [0.2, 0.25) is 0 Å². The zero-order chi connectivity index (χ0) is 11.0. The van der Waals surface area contributed by atoms with Gasteiger partial charge in [-0.2, -0.15) is 0 Å². The standard InChI is InChI=1S/C13H27N/c1-12(2,3)11-8-7-9-14(10-11)13(4,5)6/h11H,7-10H2,1-6H3/t11-/m0/s1. The summed E-state index contributed by atoms with van der Waals surface area (Å²) < 4.78 is 0. The number of nitrogens with zero attached hydrogens (tertiary/aromatic N) is 1. The van der Waals surface area contributed by atoms with Crippen molar-refractivity contribution in [2.24, 2.45) is 11.3 Å². The van der Waals surface area contributed by atoms with Gasteiger partial charge in [0.1, 0.15) is 0 Å². The van der Waals surface area contributed by atoms with Crippen molar-refractivity contribution in [2.75, 3.05) is 13.1 Å². The maximum atomic E-state index is 2.65. The second kappa shape index (κ2) is 3.84. The maximum absolute atomic E-state index is 2.65. The Kier molecular flexibility index (Phi) is 3.30. The summed E-state index contributed by atoms with van der Waals surface area (Å²) in [5.41, 5.74) is 0.827. The SMILES string of the molecule is CC(C)(C)[C@H]1CCCN(C(C)(C)C)C1. The minimum atomic E-state index is 0.351. The van der Waals surface area contributed by atoms with Crippen molar-refractivity contribution in [1.29, 1.82) is 0 Å². The molecule has 0 radical (unpaired) electrons. The van der Waals surface area contributed by atoms with Crippen LogP contribution < -0.4 is 0 Å². The highest BCUT2D eigenvalue weighted by atomic mass is 15.2. The average molecular weight is 197 g/mol. The predicted octanol–water partition coefficient (Wildman–Crippen LogP) is 3.54. The first kappa shape index (κ1) is 12.0. The van der Waals surface area contributed by atoms with Gasteiger partial charge in [0.2, 0.25) is 0 Å². The van der Waals surface area contributed by atoms with E-state index in [0.29, 0.717) is 11.0 Å². The van der Waals surface area contributed by atoms with E-state index >= 15 is 0 Å². The Balaban J connectivity index is 2.61. The first-order valence-corrected chi connectivity index (χ1v) is 5.96.